The molecule has 0 aromatic rings. The van der Waals surface area contributed by atoms with Gasteiger partial charge in [0.2, 0.25) is 11.8 Å². The predicted molar refractivity (Wildman–Crippen MR) is 74.5 cm³/mol. The highest BCUT2D eigenvalue weighted by Gasteiger charge is 2.50. The van der Waals surface area contributed by atoms with Gasteiger partial charge in [-0.2, -0.15) is 0 Å². The van der Waals surface area contributed by atoms with Crippen LogP contribution in [0.4, 0.5) is 0 Å². The molecule has 0 spiro atoms. The second-order valence-electron chi connectivity index (χ2n) is 6.99. The standard InChI is InChI=1S/C15H26N2O2/c1-9(2)12-13(18)16-15(4,5)14(19)17(12)11-8-6-7-10(11)3/h9-12H,6-8H2,1-5H3,(H,16,18). The lowest BCUT2D eigenvalue weighted by Crippen LogP contribution is -2.71. The molecule has 19 heavy (non-hydrogen) atoms. The first kappa shape index (κ1) is 14.4. The summed E-state index contributed by atoms with van der Waals surface area (Å²) in [6.07, 6.45) is 3.34. The van der Waals surface area contributed by atoms with Gasteiger partial charge in [0.05, 0.1) is 0 Å². The molecule has 2 amide bonds. The molecule has 1 saturated heterocycles. The van der Waals surface area contributed by atoms with Crippen LogP contribution < -0.4 is 5.32 Å². The van der Waals surface area contributed by atoms with Crippen molar-refractivity contribution in [2.45, 2.75) is 71.5 Å². The Morgan fingerprint density at radius 3 is 2.37 bits per heavy atom. The Kier molecular flexibility index (Phi) is 3.63. The van der Waals surface area contributed by atoms with Gasteiger partial charge >= 0.3 is 0 Å². The maximum Gasteiger partial charge on any atom is 0.248 e. The van der Waals surface area contributed by atoms with E-state index in [0.717, 1.165) is 19.3 Å². The topological polar surface area (TPSA) is 49.4 Å². The van der Waals surface area contributed by atoms with Crippen LogP contribution in [0.15, 0.2) is 0 Å². The number of carbonyl (C=O) groups excluding carboxylic acids is 2. The van der Waals surface area contributed by atoms with Crippen molar-refractivity contribution < 1.29 is 9.59 Å². The highest BCUT2D eigenvalue weighted by Crippen LogP contribution is 2.35. The molecule has 0 radical (unpaired) electrons. The smallest absolute Gasteiger partial charge is 0.248 e. The summed E-state index contributed by atoms with van der Waals surface area (Å²) in [5.74, 6) is 0.711. The van der Waals surface area contributed by atoms with Gasteiger partial charge in [0.1, 0.15) is 11.6 Å². The van der Waals surface area contributed by atoms with Crippen LogP contribution in [0.5, 0.6) is 0 Å². The largest absolute Gasteiger partial charge is 0.340 e. The fraction of sp³-hybridized carbons (Fsp3) is 0.867. The molecule has 0 aromatic heterocycles. The second-order valence-corrected chi connectivity index (χ2v) is 6.99. The zero-order valence-corrected chi connectivity index (χ0v) is 12.7. The number of nitrogens with zero attached hydrogens (tertiary/aromatic N) is 1. The molecule has 108 valence electrons. The Bertz CT molecular complexity index is 390. The molecule has 2 fully saturated rings. The van der Waals surface area contributed by atoms with Crippen molar-refractivity contribution in [1.82, 2.24) is 10.2 Å². The SMILES string of the molecule is CC(C)C1C(=O)NC(C)(C)C(=O)N1C1CCCC1C. The van der Waals surface area contributed by atoms with Crippen LogP contribution >= 0.6 is 0 Å². The molecule has 0 bridgehead atoms. The summed E-state index contributed by atoms with van der Waals surface area (Å²) in [6.45, 7) is 9.83. The van der Waals surface area contributed by atoms with Gasteiger partial charge in [0.25, 0.3) is 0 Å². The zero-order valence-electron chi connectivity index (χ0n) is 12.7. The highest BCUT2D eigenvalue weighted by atomic mass is 16.2. The molecule has 4 heteroatoms. The van der Waals surface area contributed by atoms with Gasteiger partial charge in [0, 0.05) is 6.04 Å². The molecule has 1 heterocycles. The first-order valence-electron chi connectivity index (χ1n) is 7.40. The minimum absolute atomic E-state index is 0.00120. The molecule has 4 nitrogen and oxygen atoms in total. The van der Waals surface area contributed by atoms with Gasteiger partial charge in [-0.25, -0.2) is 0 Å². The van der Waals surface area contributed by atoms with E-state index in [0.29, 0.717) is 5.92 Å². The Morgan fingerprint density at radius 1 is 1.26 bits per heavy atom. The molecule has 3 atom stereocenters. The van der Waals surface area contributed by atoms with Crippen LogP contribution in [0.25, 0.3) is 0 Å². The number of rotatable bonds is 2. The average molecular weight is 266 g/mol. The summed E-state index contributed by atoms with van der Waals surface area (Å²) in [4.78, 5) is 27.0. The van der Waals surface area contributed by atoms with Crippen LogP contribution in [0, 0.1) is 11.8 Å². The summed E-state index contributed by atoms with van der Waals surface area (Å²) >= 11 is 0. The number of amides is 2. The first-order chi connectivity index (χ1) is 8.75. The van der Waals surface area contributed by atoms with Crippen molar-refractivity contribution in [1.29, 1.82) is 0 Å². The van der Waals surface area contributed by atoms with Gasteiger partial charge in [-0.1, -0.05) is 27.2 Å². The molecule has 2 aliphatic rings. The van der Waals surface area contributed by atoms with Crippen molar-refractivity contribution in [2.75, 3.05) is 0 Å². The summed E-state index contributed by atoms with van der Waals surface area (Å²) in [5.41, 5.74) is -0.773. The van der Waals surface area contributed by atoms with E-state index in [2.05, 4.69) is 12.2 Å². The Hall–Kier alpha value is -1.06. The van der Waals surface area contributed by atoms with E-state index in [4.69, 9.17) is 0 Å². The summed E-state index contributed by atoms with van der Waals surface area (Å²) < 4.78 is 0. The number of hydrogen-bond donors (Lipinski definition) is 1. The van der Waals surface area contributed by atoms with E-state index < -0.39 is 5.54 Å². The van der Waals surface area contributed by atoms with E-state index in [1.165, 1.54) is 0 Å². The van der Waals surface area contributed by atoms with E-state index in [9.17, 15) is 9.59 Å². The molecule has 1 N–H and O–H groups in total. The molecule has 1 saturated carbocycles. The normalized spacial score (nSPS) is 34.8. The third-order valence-electron chi connectivity index (χ3n) is 4.58. The fourth-order valence-corrected chi connectivity index (χ4v) is 3.53. The Balaban J connectivity index is 2.37. The fourth-order valence-electron chi connectivity index (χ4n) is 3.53. The summed E-state index contributed by atoms with van der Waals surface area (Å²) in [5, 5.41) is 2.87. The lowest BCUT2D eigenvalue weighted by Gasteiger charge is -2.48. The minimum atomic E-state index is -0.773. The zero-order chi connectivity index (χ0) is 14.4. The van der Waals surface area contributed by atoms with E-state index >= 15 is 0 Å². The predicted octanol–water partition coefficient (Wildman–Crippen LogP) is 1.94. The Morgan fingerprint density at radius 2 is 1.89 bits per heavy atom. The van der Waals surface area contributed by atoms with Crippen LogP contribution in [-0.4, -0.2) is 34.3 Å². The molecule has 0 aromatic carbocycles. The van der Waals surface area contributed by atoms with Gasteiger partial charge < -0.3 is 10.2 Å². The number of nitrogens with one attached hydrogen (secondary N) is 1. The van der Waals surface area contributed by atoms with Gasteiger partial charge in [-0.15, -0.1) is 0 Å². The highest BCUT2D eigenvalue weighted by molar-refractivity contribution is 5.99. The van der Waals surface area contributed by atoms with Crippen molar-refractivity contribution >= 4 is 11.8 Å². The van der Waals surface area contributed by atoms with Gasteiger partial charge in [-0.05, 0) is 38.5 Å². The monoisotopic (exact) mass is 266 g/mol. The molecular weight excluding hydrogens is 240 g/mol. The third kappa shape index (κ3) is 2.37. The molecule has 2 rings (SSSR count). The first-order valence-corrected chi connectivity index (χ1v) is 7.40. The average Bonchev–Trinajstić information content (AvgIpc) is 2.68. The molecule has 1 aliphatic heterocycles. The maximum absolute atomic E-state index is 12.8. The van der Waals surface area contributed by atoms with Crippen molar-refractivity contribution in [3.8, 4) is 0 Å². The molecule has 1 aliphatic carbocycles. The van der Waals surface area contributed by atoms with Gasteiger partial charge in [0.15, 0.2) is 0 Å². The summed E-state index contributed by atoms with van der Waals surface area (Å²) in [6, 6.07) is -0.0868. The number of carbonyl (C=O) groups is 2. The van der Waals surface area contributed by atoms with Crippen molar-refractivity contribution in [3.63, 3.8) is 0 Å². The second kappa shape index (κ2) is 4.80. The van der Waals surface area contributed by atoms with E-state index in [1.807, 2.05) is 18.7 Å². The maximum atomic E-state index is 12.8. The van der Waals surface area contributed by atoms with E-state index in [1.54, 1.807) is 13.8 Å². The minimum Gasteiger partial charge on any atom is -0.340 e. The van der Waals surface area contributed by atoms with Crippen molar-refractivity contribution in [3.05, 3.63) is 0 Å². The molecular formula is C15H26N2O2. The number of hydrogen-bond acceptors (Lipinski definition) is 2. The summed E-state index contributed by atoms with van der Waals surface area (Å²) in [7, 11) is 0. The van der Waals surface area contributed by atoms with Crippen LogP contribution in [-0.2, 0) is 9.59 Å². The Labute approximate surface area is 115 Å². The lowest BCUT2D eigenvalue weighted by molar-refractivity contribution is -0.159. The van der Waals surface area contributed by atoms with Gasteiger partial charge in [-0.3, -0.25) is 9.59 Å². The quantitative estimate of drug-likeness (QED) is 0.830. The van der Waals surface area contributed by atoms with Crippen LogP contribution in [0.1, 0.15) is 53.9 Å². The third-order valence-corrected chi connectivity index (χ3v) is 4.58. The number of piperazine rings is 1. The lowest BCUT2D eigenvalue weighted by atomic mass is 9.88. The van der Waals surface area contributed by atoms with Crippen LogP contribution in [0.3, 0.4) is 0 Å². The molecule has 3 unspecified atom stereocenters. The van der Waals surface area contributed by atoms with Crippen molar-refractivity contribution in [2.24, 2.45) is 11.8 Å². The van der Waals surface area contributed by atoms with E-state index in [-0.39, 0.29) is 29.8 Å². The van der Waals surface area contributed by atoms with Crippen LogP contribution in [0.2, 0.25) is 0 Å².